The number of likely N-dealkylation sites (N-methyl/N-ethyl adjacent to an activating group) is 1. The average molecular weight is 245 g/mol. The summed E-state index contributed by atoms with van der Waals surface area (Å²) in [5.74, 6) is 0. The Morgan fingerprint density at radius 2 is 1.83 bits per heavy atom. The molecule has 1 N–H and O–H groups in total. The molecule has 0 atom stereocenters. The molecule has 1 saturated heterocycles. The van der Waals surface area contributed by atoms with E-state index in [0.717, 1.165) is 12.1 Å². The summed E-state index contributed by atoms with van der Waals surface area (Å²) in [6.07, 6.45) is 2.84. The van der Waals surface area contributed by atoms with Crippen LogP contribution in [0.4, 0.5) is 5.69 Å². The first-order valence-electron chi connectivity index (χ1n) is 6.65. The Kier molecular flexibility index (Phi) is 4.79. The smallest absolute Gasteiger partial charge is 0.0379 e. The van der Waals surface area contributed by atoms with Gasteiger partial charge in [-0.05, 0) is 37.4 Å². The summed E-state index contributed by atoms with van der Waals surface area (Å²) < 4.78 is 0. The molecule has 1 aromatic rings. The second kappa shape index (κ2) is 6.57. The largest absolute Gasteiger partial charge is 0.362 e. The maximum atomic E-state index is 3.66. The second-order valence-corrected chi connectivity index (χ2v) is 4.94. The molecule has 0 unspecified atom stereocenters. The molecule has 3 nitrogen and oxygen atoms in total. The number of piperazine rings is 1. The molecule has 1 aliphatic heterocycles. The zero-order valence-electron chi connectivity index (χ0n) is 11.2. The summed E-state index contributed by atoms with van der Waals surface area (Å²) in [6, 6.07) is 8.62. The molecule has 98 valence electrons. The van der Waals surface area contributed by atoms with Gasteiger partial charge in [-0.3, -0.25) is 0 Å². The molecule has 0 radical (unpaired) electrons. The van der Waals surface area contributed by atoms with Crippen LogP contribution in [0, 0.1) is 0 Å². The molecule has 0 saturated carbocycles. The van der Waals surface area contributed by atoms with Crippen LogP contribution >= 0.6 is 0 Å². The van der Waals surface area contributed by atoms with E-state index in [4.69, 9.17) is 0 Å². The van der Waals surface area contributed by atoms with Gasteiger partial charge in [0.2, 0.25) is 0 Å². The van der Waals surface area contributed by atoms with Crippen molar-refractivity contribution < 1.29 is 0 Å². The normalized spacial score (nSPS) is 17.6. The third kappa shape index (κ3) is 3.86. The maximum Gasteiger partial charge on any atom is 0.0379 e. The fraction of sp³-hybridized carbons (Fsp3) is 0.467. The van der Waals surface area contributed by atoms with E-state index in [0.29, 0.717) is 0 Å². The number of nitrogens with zero attached hydrogens (tertiary/aromatic N) is 2. The molecule has 0 aliphatic carbocycles. The Bertz CT molecular complexity index is 364. The minimum atomic E-state index is 1.10. The Morgan fingerprint density at radius 3 is 2.44 bits per heavy atom. The van der Waals surface area contributed by atoms with Crippen LogP contribution in [0.5, 0.6) is 0 Å². The van der Waals surface area contributed by atoms with Crippen molar-refractivity contribution in [1.29, 1.82) is 0 Å². The Hall–Kier alpha value is -1.32. The van der Waals surface area contributed by atoms with E-state index in [-0.39, 0.29) is 0 Å². The number of hydrogen-bond donors (Lipinski definition) is 1. The van der Waals surface area contributed by atoms with Crippen LogP contribution < -0.4 is 5.32 Å². The van der Waals surface area contributed by atoms with Gasteiger partial charge in [0.1, 0.15) is 0 Å². The summed E-state index contributed by atoms with van der Waals surface area (Å²) in [6.45, 7) is 9.62. The Morgan fingerprint density at radius 1 is 1.17 bits per heavy atom. The highest BCUT2D eigenvalue weighted by Crippen LogP contribution is 2.10. The van der Waals surface area contributed by atoms with Crippen molar-refractivity contribution in [2.24, 2.45) is 0 Å². The fourth-order valence-corrected chi connectivity index (χ4v) is 2.24. The summed E-state index contributed by atoms with van der Waals surface area (Å²) >= 11 is 0. The first-order chi connectivity index (χ1) is 8.78. The van der Waals surface area contributed by atoms with Crippen molar-refractivity contribution in [2.75, 3.05) is 45.1 Å². The van der Waals surface area contributed by atoms with Gasteiger partial charge >= 0.3 is 0 Å². The van der Waals surface area contributed by atoms with Gasteiger partial charge in [0, 0.05) is 38.4 Å². The lowest BCUT2D eigenvalue weighted by Crippen LogP contribution is -2.45. The van der Waals surface area contributed by atoms with Crippen LogP contribution in [-0.2, 0) is 6.42 Å². The average Bonchev–Trinajstić information content (AvgIpc) is 2.40. The highest BCUT2D eigenvalue weighted by atomic mass is 15.2. The number of rotatable bonds is 5. The molecule has 1 heterocycles. The Labute approximate surface area is 110 Å². The number of nitrogens with one attached hydrogen (secondary N) is 1. The van der Waals surface area contributed by atoms with Crippen molar-refractivity contribution in [2.45, 2.75) is 6.42 Å². The van der Waals surface area contributed by atoms with E-state index in [9.17, 15) is 0 Å². The third-order valence-corrected chi connectivity index (χ3v) is 3.54. The van der Waals surface area contributed by atoms with Crippen molar-refractivity contribution >= 4 is 5.69 Å². The van der Waals surface area contributed by atoms with E-state index in [2.05, 4.69) is 53.0 Å². The molecule has 0 spiro atoms. The minimum absolute atomic E-state index is 1.10. The van der Waals surface area contributed by atoms with Crippen molar-refractivity contribution in [3.63, 3.8) is 0 Å². The first-order valence-corrected chi connectivity index (χ1v) is 6.65. The maximum absolute atomic E-state index is 3.66. The highest BCUT2D eigenvalue weighted by molar-refractivity contribution is 5.46. The van der Waals surface area contributed by atoms with Gasteiger partial charge in [-0.25, -0.2) is 0 Å². The lowest BCUT2D eigenvalue weighted by Gasteiger charge is -2.32. The molecule has 1 aromatic carbocycles. The van der Waals surface area contributed by atoms with E-state index < -0.39 is 0 Å². The lowest BCUT2D eigenvalue weighted by molar-refractivity contribution is 0.155. The van der Waals surface area contributed by atoms with Crippen LogP contribution in [0.15, 0.2) is 37.0 Å². The van der Waals surface area contributed by atoms with Crippen molar-refractivity contribution in [1.82, 2.24) is 9.80 Å². The van der Waals surface area contributed by atoms with Crippen LogP contribution in [0.25, 0.3) is 0 Å². The molecule has 2 rings (SSSR count). The van der Waals surface area contributed by atoms with E-state index in [1.807, 2.05) is 0 Å². The molecule has 3 heteroatoms. The number of benzene rings is 1. The van der Waals surface area contributed by atoms with Gasteiger partial charge in [-0.15, -0.1) is 0 Å². The van der Waals surface area contributed by atoms with Gasteiger partial charge in [0.15, 0.2) is 0 Å². The SMILES string of the molecule is C=CNc1ccc(CCN2CCN(C)CC2)cc1. The standard InChI is InChI=1S/C15H23N3/c1-3-16-15-6-4-14(5-7-15)8-9-18-12-10-17(2)11-13-18/h3-7,16H,1,8-13H2,2H3. The van der Waals surface area contributed by atoms with Crippen LogP contribution in [0.3, 0.4) is 0 Å². The van der Waals surface area contributed by atoms with Gasteiger partial charge in [0.25, 0.3) is 0 Å². The lowest BCUT2D eigenvalue weighted by atomic mass is 10.1. The molecule has 0 amide bonds. The van der Waals surface area contributed by atoms with Crippen molar-refractivity contribution in [3.05, 3.63) is 42.6 Å². The van der Waals surface area contributed by atoms with Crippen LogP contribution in [0.1, 0.15) is 5.56 Å². The summed E-state index contributed by atoms with van der Waals surface area (Å²) in [5, 5.41) is 3.09. The number of anilines is 1. The van der Waals surface area contributed by atoms with E-state index >= 15 is 0 Å². The van der Waals surface area contributed by atoms with E-state index in [1.165, 1.54) is 38.3 Å². The molecule has 1 aliphatic rings. The van der Waals surface area contributed by atoms with E-state index in [1.54, 1.807) is 6.20 Å². The third-order valence-electron chi connectivity index (χ3n) is 3.54. The summed E-state index contributed by atoms with van der Waals surface area (Å²) in [4.78, 5) is 4.95. The monoisotopic (exact) mass is 245 g/mol. The molecular weight excluding hydrogens is 222 g/mol. The molecule has 0 aromatic heterocycles. The quantitative estimate of drug-likeness (QED) is 0.856. The summed E-state index contributed by atoms with van der Waals surface area (Å²) in [7, 11) is 2.20. The van der Waals surface area contributed by atoms with Gasteiger partial charge in [-0.2, -0.15) is 0 Å². The predicted molar refractivity (Wildman–Crippen MR) is 77.9 cm³/mol. The van der Waals surface area contributed by atoms with Crippen LogP contribution in [0.2, 0.25) is 0 Å². The summed E-state index contributed by atoms with van der Waals surface area (Å²) in [5.41, 5.74) is 2.51. The van der Waals surface area contributed by atoms with Gasteiger partial charge in [0.05, 0.1) is 0 Å². The fourth-order valence-electron chi connectivity index (χ4n) is 2.24. The minimum Gasteiger partial charge on any atom is -0.362 e. The van der Waals surface area contributed by atoms with Crippen molar-refractivity contribution in [3.8, 4) is 0 Å². The highest BCUT2D eigenvalue weighted by Gasteiger charge is 2.12. The molecular formula is C15H23N3. The predicted octanol–water partition coefficient (Wildman–Crippen LogP) is 2.03. The zero-order valence-corrected chi connectivity index (χ0v) is 11.2. The molecule has 18 heavy (non-hydrogen) atoms. The second-order valence-electron chi connectivity index (χ2n) is 4.94. The first kappa shape index (κ1) is 13.1. The zero-order chi connectivity index (χ0) is 12.8. The molecule has 1 fully saturated rings. The number of hydrogen-bond acceptors (Lipinski definition) is 3. The topological polar surface area (TPSA) is 18.5 Å². The van der Waals surface area contributed by atoms with Gasteiger partial charge < -0.3 is 15.1 Å². The van der Waals surface area contributed by atoms with Crippen LogP contribution in [-0.4, -0.2) is 49.6 Å². The Balaban J connectivity index is 1.77. The molecule has 0 bridgehead atoms. The van der Waals surface area contributed by atoms with Gasteiger partial charge in [-0.1, -0.05) is 18.7 Å².